The van der Waals surface area contributed by atoms with Gasteiger partial charge < -0.3 is 20.1 Å². The molecule has 0 aliphatic rings. The van der Waals surface area contributed by atoms with Crippen LogP contribution in [0.1, 0.15) is 0 Å². The molecule has 0 aliphatic heterocycles. The summed E-state index contributed by atoms with van der Waals surface area (Å²) < 4.78 is 5.00. The van der Waals surface area contributed by atoms with Crippen molar-refractivity contribution < 1.29 is 14.6 Å². The number of nitrogens with one attached hydrogen (secondary N) is 1. The number of rotatable bonds is 2. The van der Waals surface area contributed by atoms with E-state index in [9.17, 15) is 9.90 Å². The van der Waals surface area contributed by atoms with Crippen molar-refractivity contribution in [3.8, 4) is 11.5 Å². The number of anilines is 1. The lowest BCUT2D eigenvalue weighted by atomic mass is 10.3. The summed E-state index contributed by atoms with van der Waals surface area (Å²) in [5.74, 6) is 0.220. The monoisotopic (exact) mass is 492 g/mol. The molecule has 0 bridgehead atoms. The van der Waals surface area contributed by atoms with Gasteiger partial charge in [-0.15, -0.1) is 0 Å². The number of methoxy groups -OCH3 is 1. The standard InChI is InChI=1S/C10H13ClN2O2.C6HCl5O/c1-13(2)10(14)12-7-4-5-9(15-3)8(11)6-7;7-1-2(8)4(10)6(12)5(11)3(1)9/h4-6H,1-3H3,(H,12,14);12H. The lowest BCUT2D eigenvalue weighted by Crippen LogP contribution is -2.27. The number of nitrogens with zero attached hydrogens (tertiary/aromatic N) is 1. The van der Waals surface area contributed by atoms with E-state index in [1.807, 2.05) is 0 Å². The van der Waals surface area contributed by atoms with E-state index in [1.165, 1.54) is 4.90 Å². The van der Waals surface area contributed by atoms with Crippen LogP contribution >= 0.6 is 69.6 Å². The molecule has 0 aromatic heterocycles. The second-order valence-electron chi connectivity index (χ2n) is 5.09. The Bertz CT molecular complexity index is 740. The zero-order valence-electron chi connectivity index (χ0n) is 14.2. The molecule has 0 heterocycles. The fourth-order valence-electron chi connectivity index (χ4n) is 1.57. The molecular weight excluding hydrogens is 481 g/mol. The van der Waals surface area contributed by atoms with Crippen LogP contribution < -0.4 is 10.1 Å². The number of aromatic hydroxyl groups is 1. The van der Waals surface area contributed by atoms with Crippen LogP contribution in [-0.4, -0.2) is 37.2 Å². The third kappa shape index (κ3) is 6.28. The summed E-state index contributed by atoms with van der Waals surface area (Å²) in [6.07, 6.45) is 0. The number of carbonyl (C=O) groups is 1. The number of phenolic OH excluding ortho intramolecular Hbond substituents is 1. The third-order valence-electron chi connectivity index (χ3n) is 3.00. The molecule has 27 heavy (non-hydrogen) atoms. The molecule has 148 valence electrons. The van der Waals surface area contributed by atoms with E-state index in [2.05, 4.69) is 5.32 Å². The Labute approximate surface area is 186 Å². The van der Waals surface area contributed by atoms with Crippen molar-refractivity contribution in [1.29, 1.82) is 0 Å². The van der Waals surface area contributed by atoms with Gasteiger partial charge in [-0.25, -0.2) is 4.79 Å². The van der Waals surface area contributed by atoms with E-state index in [0.717, 1.165) is 0 Å². The number of amides is 2. The number of phenols is 1. The first kappa shape index (κ1) is 24.1. The summed E-state index contributed by atoms with van der Waals surface area (Å²) in [6.45, 7) is 0. The van der Waals surface area contributed by atoms with Crippen LogP contribution in [0.3, 0.4) is 0 Å². The van der Waals surface area contributed by atoms with E-state index in [-0.39, 0.29) is 36.9 Å². The summed E-state index contributed by atoms with van der Waals surface area (Å²) in [5.41, 5.74) is 0.638. The smallest absolute Gasteiger partial charge is 0.321 e. The number of halogens is 6. The zero-order valence-corrected chi connectivity index (χ0v) is 18.7. The third-order valence-corrected chi connectivity index (χ3v) is 5.55. The van der Waals surface area contributed by atoms with Crippen LogP contribution in [0.15, 0.2) is 18.2 Å². The number of hydrogen-bond acceptors (Lipinski definition) is 3. The van der Waals surface area contributed by atoms with Crippen molar-refractivity contribution in [1.82, 2.24) is 4.90 Å². The van der Waals surface area contributed by atoms with Crippen molar-refractivity contribution in [2.75, 3.05) is 26.5 Å². The van der Waals surface area contributed by atoms with Gasteiger partial charge in [0.2, 0.25) is 0 Å². The fourth-order valence-corrected chi connectivity index (χ4v) is 2.96. The molecule has 2 aromatic carbocycles. The molecule has 0 atom stereocenters. The van der Waals surface area contributed by atoms with Crippen LogP contribution in [-0.2, 0) is 0 Å². The molecule has 11 heteroatoms. The number of hydrogen-bond donors (Lipinski definition) is 2. The topological polar surface area (TPSA) is 61.8 Å². The van der Waals surface area contributed by atoms with E-state index in [1.54, 1.807) is 39.4 Å². The molecule has 0 unspecified atom stereocenters. The molecule has 0 radical (unpaired) electrons. The van der Waals surface area contributed by atoms with Crippen molar-refractivity contribution >= 4 is 81.3 Å². The fraction of sp³-hybridized carbons (Fsp3) is 0.188. The molecule has 0 spiro atoms. The second-order valence-corrected chi connectivity index (χ2v) is 7.39. The van der Waals surface area contributed by atoms with Crippen LogP contribution in [0.25, 0.3) is 0 Å². The SMILES string of the molecule is COc1ccc(NC(=O)N(C)C)cc1Cl.Oc1c(Cl)c(Cl)c(Cl)c(Cl)c1Cl. The molecule has 2 rings (SSSR count). The molecule has 0 saturated carbocycles. The van der Waals surface area contributed by atoms with Crippen molar-refractivity contribution in [3.05, 3.63) is 48.3 Å². The average molecular weight is 495 g/mol. The van der Waals surface area contributed by atoms with Gasteiger partial charge in [0.1, 0.15) is 15.8 Å². The van der Waals surface area contributed by atoms with Gasteiger partial charge in [-0.1, -0.05) is 69.6 Å². The highest BCUT2D eigenvalue weighted by Crippen LogP contribution is 2.47. The highest BCUT2D eigenvalue weighted by atomic mass is 35.5. The van der Waals surface area contributed by atoms with Crippen molar-refractivity contribution in [2.45, 2.75) is 0 Å². The van der Waals surface area contributed by atoms with E-state index in [0.29, 0.717) is 16.5 Å². The first-order chi connectivity index (χ1) is 12.5. The number of urea groups is 1. The summed E-state index contributed by atoms with van der Waals surface area (Å²) >= 11 is 33.8. The Morgan fingerprint density at radius 1 is 0.963 bits per heavy atom. The van der Waals surface area contributed by atoms with Gasteiger partial charge >= 0.3 is 6.03 Å². The predicted octanol–water partition coefficient (Wildman–Crippen LogP) is 7.10. The minimum Gasteiger partial charge on any atom is -0.505 e. The molecular formula is C16H14Cl6N2O3. The quantitative estimate of drug-likeness (QED) is 0.345. The highest BCUT2D eigenvalue weighted by Gasteiger charge is 2.18. The van der Waals surface area contributed by atoms with Gasteiger partial charge in [-0.2, -0.15) is 0 Å². The molecule has 2 amide bonds. The summed E-state index contributed by atoms with van der Waals surface area (Å²) in [6, 6.07) is 4.87. The Morgan fingerprint density at radius 2 is 1.44 bits per heavy atom. The normalized spacial score (nSPS) is 9.96. The predicted molar refractivity (Wildman–Crippen MR) is 114 cm³/mol. The summed E-state index contributed by atoms with van der Waals surface area (Å²) in [7, 11) is 4.88. The first-order valence-corrected chi connectivity index (χ1v) is 9.30. The van der Waals surface area contributed by atoms with Gasteiger partial charge in [0.25, 0.3) is 0 Å². The lowest BCUT2D eigenvalue weighted by Gasteiger charge is -2.12. The Kier molecular flexibility index (Phi) is 9.42. The lowest BCUT2D eigenvalue weighted by molar-refractivity contribution is 0.230. The summed E-state index contributed by atoms with van der Waals surface area (Å²) in [5, 5.41) is 12.2. The highest BCUT2D eigenvalue weighted by molar-refractivity contribution is 6.55. The Balaban J connectivity index is 0.000000277. The number of carbonyl (C=O) groups excluding carboxylic acids is 1. The van der Waals surface area contributed by atoms with Gasteiger partial charge in [0.15, 0.2) is 5.75 Å². The molecule has 0 saturated heterocycles. The average Bonchev–Trinajstić information content (AvgIpc) is 2.64. The van der Waals surface area contributed by atoms with E-state index >= 15 is 0 Å². The summed E-state index contributed by atoms with van der Waals surface area (Å²) in [4.78, 5) is 12.8. The van der Waals surface area contributed by atoms with Crippen LogP contribution in [0, 0.1) is 0 Å². The van der Waals surface area contributed by atoms with E-state index < -0.39 is 0 Å². The molecule has 5 nitrogen and oxygen atoms in total. The Morgan fingerprint density at radius 3 is 1.85 bits per heavy atom. The maximum Gasteiger partial charge on any atom is 0.321 e. The molecule has 0 fully saturated rings. The van der Waals surface area contributed by atoms with Crippen LogP contribution in [0.2, 0.25) is 30.1 Å². The zero-order chi connectivity index (χ0) is 20.9. The Hall–Kier alpha value is -0.950. The van der Waals surface area contributed by atoms with Gasteiger partial charge in [-0.3, -0.25) is 0 Å². The van der Waals surface area contributed by atoms with Crippen molar-refractivity contribution in [3.63, 3.8) is 0 Å². The minimum atomic E-state index is -0.363. The maximum absolute atomic E-state index is 11.3. The minimum absolute atomic E-state index is 0.00904. The number of benzene rings is 2. The van der Waals surface area contributed by atoms with E-state index in [4.69, 9.17) is 74.3 Å². The number of ether oxygens (including phenoxy) is 1. The van der Waals surface area contributed by atoms with Crippen LogP contribution in [0.5, 0.6) is 11.5 Å². The molecule has 0 aliphatic carbocycles. The van der Waals surface area contributed by atoms with Gasteiger partial charge in [0.05, 0.1) is 27.2 Å². The van der Waals surface area contributed by atoms with Crippen molar-refractivity contribution in [2.24, 2.45) is 0 Å². The second kappa shape index (κ2) is 10.6. The van der Waals surface area contributed by atoms with Crippen LogP contribution in [0.4, 0.5) is 10.5 Å². The molecule has 2 aromatic rings. The van der Waals surface area contributed by atoms with Gasteiger partial charge in [-0.05, 0) is 18.2 Å². The molecule has 2 N–H and O–H groups in total. The van der Waals surface area contributed by atoms with Gasteiger partial charge in [0, 0.05) is 19.8 Å². The first-order valence-electron chi connectivity index (χ1n) is 7.03. The maximum atomic E-state index is 11.3. The largest absolute Gasteiger partial charge is 0.505 e.